The average Bonchev–Trinajstić information content (AvgIpc) is 2.64. The monoisotopic (exact) mass is 369 g/mol. The molecule has 0 atom stereocenters. The van der Waals surface area contributed by atoms with Gasteiger partial charge in [-0.05, 0) is 23.5 Å². The molecule has 0 N–H and O–H groups in total. The smallest absolute Gasteiger partial charge is 0.485 e. The van der Waals surface area contributed by atoms with Gasteiger partial charge in [0.05, 0.1) is 0 Å². The van der Waals surface area contributed by atoms with E-state index < -0.39 is 23.7 Å². The molecule has 0 aromatic heterocycles. The molecule has 0 aliphatic carbocycles. The van der Waals surface area contributed by atoms with Gasteiger partial charge in [0.15, 0.2) is 10.1 Å². The van der Waals surface area contributed by atoms with Gasteiger partial charge in [0.25, 0.3) is 4.38 Å². The number of hydrogen-bond acceptors (Lipinski definition) is 5. The number of halogens is 3. The summed E-state index contributed by atoms with van der Waals surface area (Å²) in [5.74, 6) is 2.60. The molecule has 0 saturated carbocycles. The van der Waals surface area contributed by atoms with Crippen molar-refractivity contribution >= 4 is 46.1 Å². The summed E-state index contributed by atoms with van der Waals surface area (Å²) in [4.78, 5) is 0. The third-order valence-electron chi connectivity index (χ3n) is 1.84. The molecule has 11 heteroatoms. The molecule has 0 amide bonds. The normalized spacial score (nSPS) is 16.7. The van der Waals surface area contributed by atoms with E-state index in [9.17, 15) is 13.2 Å². The Kier molecular flexibility index (Phi) is 7.63. The average molecular weight is 370 g/mol. The van der Waals surface area contributed by atoms with Gasteiger partial charge >= 0.3 is 5.51 Å². The van der Waals surface area contributed by atoms with Crippen LogP contribution in [0.2, 0.25) is 19.6 Å². The number of hydrogen-bond donors (Lipinski definition) is 0. The van der Waals surface area contributed by atoms with Gasteiger partial charge in [0.2, 0.25) is 0 Å². The maximum Gasteiger partial charge on any atom is 0.485 e. The van der Waals surface area contributed by atoms with Crippen molar-refractivity contribution < 1.29 is 30.7 Å². The summed E-state index contributed by atoms with van der Waals surface area (Å²) in [6.07, 6.45) is 1.29. The first kappa shape index (κ1) is 20.3. The molecule has 1 aliphatic heterocycles. The van der Waals surface area contributed by atoms with Gasteiger partial charge in [0, 0.05) is 11.5 Å². The lowest BCUT2D eigenvalue weighted by atomic mass is 11.0. The number of alkyl halides is 3. The third kappa shape index (κ3) is 8.55. The molecular weight excluding hydrogens is 351 g/mol. The van der Waals surface area contributed by atoms with Crippen molar-refractivity contribution in [2.24, 2.45) is 0 Å². The zero-order valence-electron chi connectivity index (χ0n) is 11.7. The van der Waals surface area contributed by atoms with Crippen molar-refractivity contribution in [1.29, 1.82) is 0 Å². The van der Waals surface area contributed by atoms with E-state index in [1.165, 1.54) is 22.0 Å². The molecule has 0 aromatic rings. The summed E-state index contributed by atoms with van der Waals surface area (Å²) < 4.78 is 62.9. The standard InChI is InChI=1S/C8H18NS2Si.CHF3O3S/c1-9(7-12(2,3)4)8-10-5-6-11-8;2-1(3,4)8(5,6)7/h5-7H2,1-4H3;(H,5,6,7)/q+1;/p-1. The Balaban J connectivity index is 0.000000396. The van der Waals surface area contributed by atoms with Gasteiger partial charge in [-0.25, -0.2) is 13.0 Å². The van der Waals surface area contributed by atoms with E-state index in [0.717, 1.165) is 0 Å². The van der Waals surface area contributed by atoms with Crippen LogP contribution in [-0.2, 0) is 10.1 Å². The molecule has 4 nitrogen and oxygen atoms in total. The summed E-state index contributed by atoms with van der Waals surface area (Å²) in [5.41, 5.74) is -5.65. The lowest BCUT2D eigenvalue weighted by Crippen LogP contribution is -2.34. The Morgan fingerprint density at radius 2 is 1.60 bits per heavy atom. The van der Waals surface area contributed by atoms with Crippen molar-refractivity contribution in [3.8, 4) is 0 Å². The van der Waals surface area contributed by atoms with E-state index in [2.05, 4.69) is 31.3 Å². The fourth-order valence-electron chi connectivity index (χ4n) is 1.30. The first-order valence-electron chi connectivity index (χ1n) is 5.60. The molecule has 0 bridgehead atoms. The summed E-state index contributed by atoms with van der Waals surface area (Å²) in [5, 5.41) is 0. The van der Waals surface area contributed by atoms with E-state index in [1.54, 1.807) is 0 Å². The largest absolute Gasteiger partial charge is 0.741 e. The van der Waals surface area contributed by atoms with Crippen LogP contribution < -0.4 is 0 Å². The Morgan fingerprint density at radius 1 is 1.25 bits per heavy atom. The first-order chi connectivity index (χ1) is 8.74. The second kappa shape index (κ2) is 7.52. The van der Waals surface area contributed by atoms with Crippen LogP contribution in [0.25, 0.3) is 0 Å². The van der Waals surface area contributed by atoms with Crippen molar-refractivity contribution in [2.75, 3.05) is 24.7 Å². The predicted octanol–water partition coefficient (Wildman–Crippen LogP) is 2.39. The van der Waals surface area contributed by atoms with E-state index in [0.29, 0.717) is 0 Å². The summed E-state index contributed by atoms with van der Waals surface area (Å²) in [7, 11) is -4.76. The van der Waals surface area contributed by atoms with E-state index in [-0.39, 0.29) is 0 Å². The van der Waals surface area contributed by atoms with Crippen LogP contribution in [0.5, 0.6) is 0 Å². The minimum Gasteiger partial charge on any atom is -0.741 e. The van der Waals surface area contributed by atoms with Crippen LogP contribution in [0.15, 0.2) is 0 Å². The molecule has 1 aliphatic rings. The van der Waals surface area contributed by atoms with Gasteiger partial charge in [-0.3, -0.25) is 0 Å². The van der Waals surface area contributed by atoms with Crippen molar-refractivity contribution in [3.63, 3.8) is 0 Å². The quantitative estimate of drug-likeness (QED) is 0.324. The molecule has 1 rings (SSSR count). The van der Waals surface area contributed by atoms with Crippen LogP contribution >= 0.6 is 23.5 Å². The lowest BCUT2D eigenvalue weighted by Gasteiger charge is -2.12. The Bertz CT molecular complexity index is 449. The summed E-state index contributed by atoms with van der Waals surface area (Å²) in [6.45, 7) is 7.27. The van der Waals surface area contributed by atoms with Crippen molar-refractivity contribution in [3.05, 3.63) is 0 Å². The molecular formula is C9H18F3NO3S3Si. The van der Waals surface area contributed by atoms with Crippen LogP contribution in [0.4, 0.5) is 13.2 Å². The van der Waals surface area contributed by atoms with Crippen LogP contribution in [0.1, 0.15) is 0 Å². The van der Waals surface area contributed by atoms with Crippen LogP contribution in [0, 0.1) is 0 Å². The number of nitrogens with zero attached hydrogens (tertiary/aromatic N) is 1. The van der Waals surface area contributed by atoms with Gasteiger partial charge in [-0.15, -0.1) is 0 Å². The predicted molar refractivity (Wildman–Crippen MR) is 80.1 cm³/mol. The highest BCUT2D eigenvalue weighted by molar-refractivity contribution is 8.41. The third-order valence-corrected chi connectivity index (χ3v) is 6.73. The number of thioether (sulfide) groups is 2. The molecule has 0 radical (unpaired) electrons. The van der Waals surface area contributed by atoms with Gasteiger partial charge in [-0.1, -0.05) is 19.6 Å². The van der Waals surface area contributed by atoms with Crippen LogP contribution in [-0.4, -0.2) is 60.2 Å². The minimum atomic E-state index is -6.09. The van der Waals surface area contributed by atoms with Crippen molar-refractivity contribution in [1.82, 2.24) is 0 Å². The topological polar surface area (TPSA) is 60.2 Å². The molecule has 0 unspecified atom stereocenters. The minimum absolute atomic E-state index is 0.909. The summed E-state index contributed by atoms with van der Waals surface area (Å²) >= 11 is 4.04. The maximum atomic E-state index is 10.7. The van der Waals surface area contributed by atoms with Crippen LogP contribution in [0.3, 0.4) is 0 Å². The second-order valence-electron chi connectivity index (χ2n) is 5.28. The highest BCUT2D eigenvalue weighted by Crippen LogP contribution is 2.25. The zero-order chi connectivity index (χ0) is 16.2. The molecule has 0 spiro atoms. The first-order valence-corrected chi connectivity index (χ1v) is 12.7. The fraction of sp³-hybridized carbons (Fsp3) is 0.889. The molecule has 1 heterocycles. The van der Waals surface area contributed by atoms with Gasteiger partial charge < -0.3 is 4.55 Å². The van der Waals surface area contributed by atoms with Crippen molar-refractivity contribution in [2.45, 2.75) is 25.1 Å². The Hall–Kier alpha value is 0.287. The van der Waals surface area contributed by atoms with Gasteiger partial charge in [0.1, 0.15) is 21.3 Å². The summed E-state index contributed by atoms with van der Waals surface area (Å²) in [6, 6.07) is 0. The molecule has 120 valence electrons. The van der Waals surface area contributed by atoms with Gasteiger partial charge in [-0.2, -0.15) is 13.2 Å². The Morgan fingerprint density at radius 3 is 1.85 bits per heavy atom. The second-order valence-corrected chi connectivity index (χ2v) is 14.5. The maximum absolute atomic E-state index is 10.7. The number of rotatable bonds is 2. The van der Waals surface area contributed by atoms with E-state index in [1.807, 2.05) is 23.5 Å². The molecule has 20 heavy (non-hydrogen) atoms. The fourth-order valence-corrected chi connectivity index (χ4v) is 5.53. The molecule has 1 saturated heterocycles. The Labute approximate surface area is 127 Å². The highest BCUT2D eigenvalue weighted by Gasteiger charge is 2.36. The highest BCUT2D eigenvalue weighted by atomic mass is 32.2. The molecule has 0 aromatic carbocycles. The zero-order valence-corrected chi connectivity index (χ0v) is 15.1. The SMILES string of the molecule is C[N+](C[Si](C)(C)C)=C1SCCS1.O=S(=O)([O-])C(F)(F)F. The van der Waals surface area contributed by atoms with E-state index in [4.69, 9.17) is 13.0 Å². The molecule has 1 fully saturated rings. The van der Waals surface area contributed by atoms with E-state index >= 15 is 0 Å². The lowest BCUT2D eigenvalue weighted by molar-refractivity contribution is -0.474.